The summed E-state index contributed by atoms with van der Waals surface area (Å²) >= 11 is 0. The summed E-state index contributed by atoms with van der Waals surface area (Å²) in [7, 11) is 0. The highest BCUT2D eigenvalue weighted by Crippen LogP contribution is 2.05. The molecule has 0 aromatic heterocycles. The van der Waals surface area contributed by atoms with Gasteiger partial charge in [-0.1, -0.05) is 13.3 Å². The second kappa shape index (κ2) is 9.28. The van der Waals surface area contributed by atoms with Crippen LogP contribution < -0.4 is 5.32 Å². The van der Waals surface area contributed by atoms with E-state index in [1.807, 2.05) is 19.9 Å². The van der Waals surface area contributed by atoms with E-state index in [0.717, 1.165) is 6.42 Å². The lowest BCUT2D eigenvalue weighted by molar-refractivity contribution is -0.141. The van der Waals surface area contributed by atoms with Crippen molar-refractivity contribution in [2.24, 2.45) is 5.92 Å². The molecule has 1 unspecified atom stereocenters. The molecule has 0 aromatic carbocycles. The molecule has 0 aliphatic carbocycles. The van der Waals surface area contributed by atoms with Gasteiger partial charge in [-0.2, -0.15) is 5.26 Å². The largest absolute Gasteiger partial charge is 0.481 e. The average molecular weight is 255 g/mol. The molecule has 0 heterocycles. The zero-order valence-corrected chi connectivity index (χ0v) is 11.0. The van der Waals surface area contributed by atoms with Crippen LogP contribution in [0.25, 0.3) is 0 Å². The van der Waals surface area contributed by atoms with E-state index in [1.54, 1.807) is 0 Å². The van der Waals surface area contributed by atoms with Gasteiger partial charge in [0, 0.05) is 19.6 Å². The fourth-order valence-corrected chi connectivity index (χ4v) is 1.57. The number of nitrogens with zero attached hydrogens (tertiary/aromatic N) is 2. The number of carboxylic acids is 1. The molecule has 18 heavy (non-hydrogen) atoms. The number of nitriles is 1. The zero-order chi connectivity index (χ0) is 14.0. The summed E-state index contributed by atoms with van der Waals surface area (Å²) in [6.07, 6.45) is 1.58. The lowest BCUT2D eigenvalue weighted by Gasteiger charge is -2.21. The van der Waals surface area contributed by atoms with Crippen molar-refractivity contribution in [2.75, 3.05) is 19.6 Å². The summed E-state index contributed by atoms with van der Waals surface area (Å²) in [5.74, 6) is -1.44. The van der Waals surface area contributed by atoms with Crippen LogP contribution in [-0.2, 0) is 4.79 Å². The van der Waals surface area contributed by atoms with Crippen molar-refractivity contribution < 1.29 is 14.7 Å². The minimum Gasteiger partial charge on any atom is -0.481 e. The van der Waals surface area contributed by atoms with Crippen LogP contribution >= 0.6 is 0 Å². The van der Waals surface area contributed by atoms with Crippen LogP contribution in [0.5, 0.6) is 0 Å². The molecule has 0 bridgehead atoms. The van der Waals surface area contributed by atoms with Crippen molar-refractivity contribution in [1.29, 1.82) is 5.26 Å². The second-order valence-electron chi connectivity index (χ2n) is 4.00. The number of aliphatic carboxylic acids is 1. The highest BCUT2D eigenvalue weighted by molar-refractivity contribution is 5.76. The first kappa shape index (κ1) is 16.2. The SMILES string of the molecule is CCCC(CNC(=O)N(CC)CCC#N)C(=O)O. The molecule has 102 valence electrons. The van der Waals surface area contributed by atoms with Crippen LogP contribution in [0, 0.1) is 17.2 Å². The molecule has 0 saturated heterocycles. The molecule has 0 aliphatic heterocycles. The minimum absolute atomic E-state index is 0.130. The number of hydrogen-bond donors (Lipinski definition) is 2. The molecule has 0 saturated carbocycles. The molecule has 6 nitrogen and oxygen atoms in total. The Balaban J connectivity index is 4.20. The van der Waals surface area contributed by atoms with Crippen LogP contribution in [0.2, 0.25) is 0 Å². The van der Waals surface area contributed by atoms with Gasteiger partial charge < -0.3 is 15.3 Å². The van der Waals surface area contributed by atoms with Gasteiger partial charge in [0.2, 0.25) is 0 Å². The zero-order valence-electron chi connectivity index (χ0n) is 11.0. The molecule has 1 atom stereocenters. The number of hydrogen-bond acceptors (Lipinski definition) is 3. The van der Waals surface area contributed by atoms with Crippen LogP contribution in [0.1, 0.15) is 33.1 Å². The number of carboxylic acid groups (broad SMARTS) is 1. The maximum Gasteiger partial charge on any atom is 0.317 e. The number of carbonyl (C=O) groups is 2. The van der Waals surface area contributed by atoms with E-state index in [0.29, 0.717) is 19.5 Å². The van der Waals surface area contributed by atoms with Crippen LogP contribution in [-0.4, -0.2) is 41.6 Å². The minimum atomic E-state index is -0.891. The monoisotopic (exact) mass is 255 g/mol. The lowest BCUT2D eigenvalue weighted by Crippen LogP contribution is -2.43. The van der Waals surface area contributed by atoms with Gasteiger partial charge in [0.1, 0.15) is 0 Å². The van der Waals surface area contributed by atoms with E-state index < -0.39 is 11.9 Å². The Morgan fingerprint density at radius 2 is 2.11 bits per heavy atom. The fraction of sp³-hybridized carbons (Fsp3) is 0.750. The Morgan fingerprint density at radius 3 is 2.56 bits per heavy atom. The molecular formula is C12H21N3O3. The van der Waals surface area contributed by atoms with Crippen LogP contribution in [0.4, 0.5) is 4.79 Å². The van der Waals surface area contributed by atoms with E-state index in [4.69, 9.17) is 10.4 Å². The predicted molar refractivity (Wildman–Crippen MR) is 66.9 cm³/mol. The molecule has 2 amide bonds. The Bertz CT molecular complexity index is 312. The number of amides is 2. The molecule has 0 spiro atoms. The van der Waals surface area contributed by atoms with Gasteiger partial charge in [-0.25, -0.2) is 4.79 Å². The maximum atomic E-state index is 11.7. The van der Waals surface area contributed by atoms with E-state index >= 15 is 0 Å². The molecule has 0 fully saturated rings. The van der Waals surface area contributed by atoms with Crippen molar-refractivity contribution in [2.45, 2.75) is 33.1 Å². The number of nitrogens with one attached hydrogen (secondary N) is 1. The van der Waals surface area contributed by atoms with E-state index in [1.165, 1.54) is 4.90 Å². The highest BCUT2D eigenvalue weighted by Gasteiger charge is 2.18. The van der Waals surface area contributed by atoms with Gasteiger partial charge in [0.15, 0.2) is 0 Å². The molecule has 0 rings (SSSR count). The van der Waals surface area contributed by atoms with E-state index in [9.17, 15) is 9.59 Å². The van der Waals surface area contributed by atoms with Crippen molar-refractivity contribution >= 4 is 12.0 Å². The first-order chi connectivity index (χ1) is 8.56. The third kappa shape index (κ3) is 6.09. The van der Waals surface area contributed by atoms with Gasteiger partial charge in [-0.15, -0.1) is 0 Å². The van der Waals surface area contributed by atoms with Gasteiger partial charge in [-0.3, -0.25) is 4.79 Å². The van der Waals surface area contributed by atoms with Gasteiger partial charge in [0.05, 0.1) is 18.4 Å². The van der Waals surface area contributed by atoms with Crippen molar-refractivity contribution in [3.8, 4) is 6.07 Å². The quantitative estimate of drug-likeness (QED) is 0.686. The van der Waals surface area contributed by atoms with Crippen molar-refractivity contribution in [1.82, 2.24) is 10.2 Å². The highest BCUT2D eigenvalue weighted by atomic mass is 16.4. The third-order valence-electron chi connectivity index (χ3n) is 2.65. The van der Waals surface area contributed by atoms with E-state index in [2.05, 4.69) is 5.32 Å². The number of carbonyl (C=O) groups excluding carboxylic acids is 1. The Labute approximate surface area is 108 Å². The molecule has 0 aromatic rings. The topological polar surface area (TPSA) is 93.4 Å². The molecule has 2 N–H and O–H groups in total. The first-order valence-electron chi connectivity index (χ1n) is 6.19. The molecule has 6 heteroatoms. The van der Waals surface area contributed by atoms with Gasteiger partial charge >= 0.3 is 12.0 Å². The Kier molecular flexibility index (Phi) is 8.37. The second-order valence-corrected chi connectivity index (χ2v) is 4.00. The lowest BCUT2D eigenvalue weighted by atomic mass is 10.0. The summed E-state index contributed by atoms with van der Waals surface area (Å²) in [6, 6.07) is 1.66. The maximum absolute atomic E-state index is 11.7. The summed E-state index contributed by atoms with van der Waals surface area (Å²) in [5, 5.41) is 20.0. The smallest absolute Gasteiger partial charge is 0.317 e. The summed E-state index contributed by atoms with van der Waals surface area (Å²) in [4.78, 5) is 24.1. The van der Waals surface area contributed by atoms with Crippen molar-refractivity contribution in [3.63, 3.8) is 0 Å². The normalized spacial score (nSPS) is 11.4. The van der Waals surface area contributed by atoms with Crippen molar-refractivity contribution in [3.05, 3.63) is 0 Å². The van der Waals surface area contributed by atoms with Gasteiger partial charge in [-0.05, 0) is 13.3 Å². The number of rotatable bonds is 8. The van der Waals surface area contributed by atoms with Crippen LogP contribution in [0.15, 0.2) is 0 Å². The average Bonchev–Trinajstić information content (AvgIpc) is 2.34. The first-order valence-corrected chi connectivity index (χ1v) is 6.19. The number of urea groups is 1. The standard InChI is InChI=1S/C12H21N3O3/c1-3-6-10(11(16)17)9-14-12(18)15(4-2)8-5-7-13/h10H,3-6,8-9H2,1-2H3,(H,14,18)(H,16,17). The Hall–Kier alpha value is -1.77. The summed E-state index contributed by atoms with van der Waals surface area (Å²) in [6.45, 7) is 4.72. The molecule has 0 aliphatic rings. The van der Waals surface area contributed by atoms with Crippen LogP contribution in [0.3, 0.4) is 0 Å². The molecular weight excluding hydrogens is 234 g/mol. The fourth-order valence-electron chi connectivity index (χ4n) is 1.57. The third-order valence-corrected chi connectivity index (χ3v) is 2.65. The predicted octanol–water partition coefficient (Wildman–Crippen LogP) is 1.43. The Morgan fingerprint density at radius 1 is 1.44 bits per heavy atom. The summed E-state index contributed by atoms with van der Waals surface area (Å²) in [5.41, 5.74) is 0. The van der Waals surface area contributed by atoms with Gasteiger partial charge in [0.25, 0.3) is 0 Å². The molecule has 0 radical (unpaired) electrons. The van der Waals surface area contributed by atoms with E-state index in [-0.39, 0.29) is 19.0 Å². The summed E-state index contributed by atoms with van der Waals surface area (Å²) < 4.78 is 0.